The molecule has 1 unspecified atom stereocenters. The van der Waals surface area contributed by atoms with Crippen LogP contribution in [0, 0.1) is 0 Å². The number of nitrogen functional groups attached to an aromatic ring is 1. The van der Waals surface area contributed by atoms with Crippen molar-refractivity contribution in [3.05, 3.63) is 64.7 Å². The lowest BCUT2D eigenvalue weighted by molar-refractivity contribution is -0.143. The fraction of sp³-hybridized carbons (Fsp3) is 0.269. The van der Waals surface area contributed by atoms with E-state index in [1.165, 1.54) is 12.0 Å². The number of primary amides is 1. The van der Waals surface area contributed by atoms with Gasteiger partial charge in [0, 0.05) is 31.5 Å². The molecule has 0 saturated carbocycles. The first-order chi connectivity index (χ1) is 18.6. The lowest BCUT2D eigenvalue weighted by Crippen LogP contribution is -2.45. The maximum absolute atomic E-state index is 14.1. The van der Waals surface area contributed by atoms with Crippen molar-refractivity contribution in [1.29, 1.82) is 0 Å². The largest absolute Gasteiger partial charge is 0.497 e. The highest BCUT2D eigenvalue weighted by atomic mass is 32.1. The zero-order chi connectivity index (χ0) is 28.7. The highest BCUT2D eigenvalue weighted by molar-refractivity contribution is 7.09. The summed E-state index contributed by atoms with van der Waals surface area (Å²) in [6, 6.07) is 12.3. The Morgan fingerprint density at radius 1 is 1.08 bits per heavy atom. The van der Waals surface area contributed by atoms with E-state index in [9.17, 15) is 19.2 Å². The van der Waals surface area contributed by atoms with Gasteiger partial charge in [0.15, 0.2) is 5.69 Å². The van der Waals surface area contributed by atoms with Crippen LogP contribution in [0.1, 0.15) is 38.7 Å². The highest BCUT2D eigenvalue weighted by Gasteiger charge is 2.36. The summed E-state index contributed by atoms with van der Waals surface area (Å²) in [4.78, 5) is 54.6. The lowest BCUT2D eigenvalue weighted by Gasteiger charge is -2.31. The fourth-order valence-electron chi connectivity index (χ4n) is 3.72. The molecule has 3 aromatic rings. The maximum atomic E-state index is 14.1. The Bertz CT molecular complexity index is 1360. The summed E-state index contributed by atoms with van der Waals surface area (Å²) in [6.45, 7) is 1.39. The monoisotopic (exact) mass is 554 g/mol. The van der Waals surface area contributed by atoms with Crippen molar-refractivity contribution < 1.29 is 28.7 Å². The summed E-state index contributed by atoms with van der Waals surface area (Å²) >= 11 is 0.690. The van der Waals surface area contributed by atoms with Crippen molar-refractivity contribution in [2.75, 3.05) is 49.9 Å². The second kappa shape index (κ2) is 12.7. The van der Waals surface area contributed by atoms with E-state index in [4.69, 9.17) is 20.9 Å². The number of nitrogens with zero attached hydrogens (tertiary/aromatic N) is 3. The molecule has 0 spiro atoms. The summed E-state index contributed by atoms with van der Waals surface area (Å²) in [7, 11) is 5.20. The molecule has 1 heterocycles. The van der Waals surface area contributed by atoms with Gasteiger partial charge in [-0.1, -0.05) is 18.2 Å². The number of nitrogens with one attached hydrogen (secondary N) is 1. The average molecular weight is 555 g/mol. The summed E-state index contributed by atoms with van der Waals surface area (Å²) < 4.78 is 14.2. The van der Waals surface area contributed by atoms with Crippen molar-refractivity contribution in [1.82, 2.24) is 9.69 Å². The topological polar surface area (TPSA) is 170 Å². The number of amides is 3. The summed E-state index contributed by atoms with van der Waals surface area (Å²) in [6.07, 6.45) is 0. The Labute approximate surface area is 229 Å². The van der Waals surface area contributed by atoms with E-state index in [2.05, 4.69) is 9.69 Å². The number of aromatic nitrogens is 1. The first kappa shape index (κ1) is 28.9. The number of esters is 1. The van der Waals surface area contributed by atoms with E-state index >= 15 is 0 Å². The fourth-order valence-corrected chi connectivity index (χ4v) is 4.47. The molecular weight excluding hydrogens is 524 g/mol. The number of carbonyl (C=O) groups excluding carboxylic acids is 4. The summed E-state index contributed by atoms with van der Waals surface area (Å²) in [5, 5.41) is 2.56. The molecule has 12 nitrogen and oxygen atoms in total. The lowest BCUT2D eigenvalue weighted by atomic mass is 10.0. The molecular formula is C26H30N6O6S. The summed E-state index contributed by atoms with van der Waals surface area (Å²) in [5.74, 6) is -2.47. The second-order valence-corrected chi connectivity index (χ2v) is 9.20. The maximum Gasteiger partial charge on any atom is 0.325 e. The Hall–Kier alpha value is -4.65. The molecule has 3 rings (SSSR count). The van der Waals surface area contributed by atoms with Crippen LogP contribution in [0.15, 0.2) is 48.5 Å². The number of hydrogen-bond donors (Lipinski definition) is 3. The molecule has 0 aliphatic heterocycles. The van der Waals surface area contributed by atoms with Crippen molar-refractivity contribution in [3.8, 4) is 5.75 Å². The Balaban J connectivity index is 2.19. The zero-order valence-electron chi connectivity index (χ0n) is 22.0. The smallest absolute Gasteiger partial charge is 0.325 e. The molecule has 1 atom stereocenters. The number of anilines is 3. The van der Waals surface area contributed by atoms with Gasteiger partial charge in [-0.15, -0.1) is 0 Å². The summed E-state index contributed by atoms with van der Waals surface area (Å²) in [5.41, 5.74) is 12.6. The number of nitrogens with two attached hydrogens (primary N) is 2. The van der Waals surface area contributed by atoms with Gasteiger partial charge in [0.1, 0.15) is 23.2 Å². The molecule has 0 bridgehead atoms. The zero-order valence-corrected chi connectivity index (χ0v) is 22.8. The number of carbonyl (C=O) groups is 4. The molecule has 39 heavy (non-hydrogen) atoms. The van der Waals surface area contributed by atoms with Crippen LogP contribution in [0.4, 0.5) is 17.1 Å². The van der Waals surface area contributed by atoms with E-state index in [1.807, 2.05) is 19.0 Å². The number of rotatable bonds is 11. The standard InChI is InChI=1S/C26H30N6O6S/c1-5-38-19(33)14-29-25(35)22(15-9-11-16(12-10-15)31(2)3)32(17-7-6-8-18(13-17)37-4)26(36)23-20(27)21(24(28)34)30-39-23/h6-13,22H,5,14,27H2,1-4H3,(H2,28,34)(H,29,35). The van der Waals surface area contributed by atoms with Gasteiger partial charge in [-0.3, -0.25) is 24.1 Å². The van der Waals surface area contributed by atoms with Gasteiger partial charge in [-0.25, -0.2) is 0 Å². The molecule has 2 aromatic carbocycles. The van der Waals surface area contributed by atoms with Crippen molar-refractivity contribution in [2.45, 2.75) is 13.0 Å². The van der Waals surface area contributed by atoms with Crippen molar-refractivity contribution in [2.24, 2.45) is 5.73 Å². The van der Waals surface area contributed by atoms with E-state index in [0.717, 1.165) is 5.69 Å². The molecule has 206 valence electrons. The third kappa shape index (κ3) is 6.62. The number of ether oxygens (including phenoxy) is 2. The molecule has 1 aromatic heterocycles. The Morgan fingerprint density at radius 3 is 2.33 bits per heavy atom. The van der Waals surface area contributed by atoms with E-state index in [1.54, 1.807) is 55.5 Å². The van der Waals surface area contributed by atoms with Crippen LogP contribution in [0.3, 0.4) is 0 Å². The Morgan fingerprint density at radius 2 is 1.77 bits per heavy atom. The van der Waals surface area contributed by atoms with E-state index in [0.29, 0.717) is 28.5 Å². The van der Waals surface area contributed by atoms with Gasteiger partial charge < -0.3 is 31.2 Å². The molecule has 13 heteroatoms. The number of methoxy groups -OCH3 is 1. The third-order valence-electron chi connectivity index (χ3n) is 5.65. The molecule has 0 fully saturated rings. The SMILES string of the molecule is CCOC(=O)CNC(=O)C(c1ccc(N(C)C)cc1)N(C(=O)c1snc(C(N)=O)c1N)c1cccc(OC)c1. The number of benzene rings is 2. The van der Waals surface area contributed by atoms with Gasteiger partial charge >= 0.3 is 5.97 Å². The van der Waals surface area contributed by atoms with Gasteiger partial charge in [0.05, 0.1) is 19.4 Å². The van der Waals surface area contributed by atoms with Crippen LogP contribution in [-0.4, -0.2) is 62.4 Å². The minimum Gasteiger partial charge on any atom is -0.497 e. The molecule has 0 saturated heterocycles. The normalized spacial score (nSPS) is 11.3. The number of hydrogen-bond acceptors (Lipinski definition) is 10. The van der Waals surface area contributed by atoms with Gasteiger partial charge in [-0.05, 0) is 48.3 Å². The van der Waals surface area contributed by atoms with E-state index in [-0.39, 0.29) is 22.9 Å². The van der Waals surface area contributed by atoms with Crippen LogP contribution in [-0.2, 0) is 14.3 Å². The first-order valence-electron chi connectivity index (χ1n) is 11.8. The predicted octanol–water partition coefficient (Wildman–Crippen LogP) is 1.97. The van der Waals surface area contributed by atoms with Crippen LogP contribution in [0.2, 0.25) is 0 Å². The molecule has 0 aliphatic carbocycles. The van der Waals surface area contributed by atoms with Crippen LogP contribution < -0.4 is 31.3 Å². The molecule has 0 aliphatic rings. The van der Waals surface area contributed by atoms with E-state index < -0.39 is 36.3 Å². The highest BCUT2D eigenvalue weighted by Crippen LogP contribution is 2.35. The van der Waals surface area contributed by atoms with Crippen LogP contribution >= 0.6 is 11.5 Å². The average Bonchev–Trinajstić information content (AvgIpc) is 3.31. The van der Waals surface area contributed by atoms with Crippen LogP contribution in [0.25, 0.3) is 0 Å². The molecule has 0 radical (unpaired) electrons. The minimum atomic E-state index is -1.27. The Kier molecular flexibility index (Phi) is 9.44. The minimum absolute atomic E-state index is 0.0836. The van der Waals surface area contributed by atoms with Gasteiger partial charge in [0.2, 0.25) is 5.91 Å². The predicted molar refractivity (Wildman–Crippen MR) is 148 cm³/mol. The second-order valence-electron chi connectivity index (χ2n) is 8.43. The third-order valence-corrected chi connectivity index (χ3v) is 6.50. The molecule has 3 amide bonds. The van der Waals surface area contributed by atoms with Gasteiger partial charge in [-0.2, -0.15) is 4.37 Å². The van der Waals surface area contributed by atoms with Crippen LogP contribution in [0.5, 0.6) is 5.75 Å². The van der Waals surface area contributed by atoms with Crippen molar-refractivity contribution in [3.63, 3.8) is 0 Å². The molecule has 5 N–H and O–H groups in total. The van der Waals surface area contributed by atoms with Gasteiger partial charge in [0.25, 0.3) is 11.8 Å². The van der Waals surface area contributed by atoms with Crippen molar-refractivity contribution >= 4 is 52.3 Å². The first-order valence-corrected chi connectivity index (χ1v) is 12.6. The quantitative estimate of drug-likeness (QED) is 0.300.